The molecule has 0 aromatic heterocycles. The lowest BCUT2D eigenvalue weighted by molar-refractivity contribution is -0.236. The molecule has 0 aromatic carbocycles. The number of rotatable bonds is 3. The normalized spacial score (nSPS) is 52.4. The molecule has 0 amide bonds. The fourth-order valence-electron chi connectivity index (χ4n) is 10.4. The van der Waals surface area contributed by atoms with Crippen LogP contribution in [0.5, 0.6) is 0 Å². The van der Waals surface area contributed by atoms with Crippen molar-refractivity contribution in [2.75, 3.05) is 0 Å². The number of hydrogen-bond donors (Lipinski definition) is 2. The molecule has 2 N–H and O–H groups in total. The van der Waals surface area contributed by atoms with Crippen LogP contribution in [0, 0.1) is 45.3 Å². The maximum absolute atomic E-state index is 12.9. The highest BCUT2D eigenvalue weighted by Gasteiger charge is 2.70. The summed E-state index contributed by atoms with van der Waals surface area (Å²) in [6.45, 7) is 18.0. The van der Waals surface area contributed by atoms with Gasteiger partial charge in [-0.1, -0.05) is 46.3 Å². The molecular weight excluding hydrogens is 424 g/mol. The van der Waals surface area contributed by atoms with Crippen molar-refractivity contribution in [1.29, 1.82) is 0 Å². The number of hydrogen-bond acceptors (Lipinski definition) is 4. The Morgan fingerprint density at radius 2 is 1.65 bits per heavy atom. The summed E-state index contributed by atoms with van der Waals surface area (Å²) in [5.74, 6) is 1.84. The molecule has 0 aromatic rings. The number of ether oxygens (including phenoxy) is 1. The van der Waals surface area contributed by atoms with E-state index >= 15 is 0 Å². The molecular formula is C30H48O4. The first-order valence-electron chi connectivity index (χ1n) is 13.9. The lowest BCUT2D eigenvalue weighted by atomic mass is 9.35. The Labute approximate surface area is 206 Å². The van der Waals surface area contributed by atoms with Crippen molar-refractivity contribution in [2.45, 2.75) is 124 Å². The van der Waals surface area contributed by atoms with E-state index in [0.717, 1.165) is 32.1 Å². The lowest BCUT2D eigenvalue weighted by Gasteiger charge is -2.70. The second-order valence-electron chi connectivity index (χ2n) is 14.7. The molecule has 0 spiro atoms. The number of carbonyl (C=O) groups is 1. The summed E-state index contributed by atoms with van der Waals surface area (Å²) < 4.78 is 5.69. The molecule has 34 heavy (non-hydrogen) atoms. The Kier molecular flexibility index (Phi) is 5.44. The number of Topliss-reactive ketones (excluding diaryl/α,β-unsaturated/α-hetero) is 1. The number of epoxide rings is 1. The molecule has 1 heterocycles. The summed E-state index contributed by atoms with van der Waals surface area (Å²) in [5, 5.41) is 22.6. The summed E-state index contributed by atoms with van der Waals surface area (Å²) >= 11 is 0. The van der Waals surface area contributed by atoms with Crippen LogP contribution in [0.4, 0.5) is 0 Å². The van der Waals surface area contributed by atoms with Crippen LogP contribution in [0.2, 0.25) is 0 Å². The van der Waals surface area contributed by atoms with Crippen LogP contribution in [0.3, 0.4) is 0 Å². The molecule has 4 aliphatic carbocycles. The molecule has 0 radical (unpaired) electrons. The third-order valence-corrected chi connectivity index (χ3v) is 12.5. The zero-order valence-electron chi connectivity index (χ0n) is 22.8. The maximum Gasteiger partial charge on any atom is 0.138 e. The molecule has 4 saturated carbocycles. The van der Waals surface area contributed by atoms with Crippen molar-refractivity contribution in [2.24, 2.45) is 45.3 Å². The second-order valence-corrected chi connectivity index (χ2v) is 14.7. The molecule has 5 aliphatic rings. The van der Waals surface area contributed by atoms with Gasteiger partial charge >= 0.3 is 0 Å². The van der Waals surface area contributed by atoms with E-state index in [1.807, 2.05) is 19.9 Å². The van der Waals surface area contributed by atoms with Gasteiger partial charge in [0.2, 0.25) is 0 Å². The third-order valence-electron chi connectivity index (χ3n) is 12.5. The minimum Gasteiger partial charge on any atom is -0.393 e. The summed E-state index contributed by atoms with van der Waals surface area (Å²) in [5.41, 5.74) is 0.976. The van der Waals surface area contributed by atoms with Crippen molar-refractivity contribution in [3.8, 4) is 0 Å². The Bertz CT molecular complexity index is 903. The van der Waals surface area contributed by atoms with Crippen LogP contribution < -0.4 is 0 Å². The van der Waals surface area contributed by atoms with Gasteiger partial charge in [-0.25, -0.2) is 0 Å². The highest BCUT2D eigenvalue weighted by Crippen LogP contribution is 2.75. The van der Waals surface area contributed by atoms with Gasteiger partial charge < -0.3 is 14.9 Å². The molecule has 192 valence electrons. The molecule has 1 aliphatic heterocycles. The lowest BCUT2D eigenvalue weighted by Crippen LogP contribution is -2.66. The standard InChI is InChI=1S/C30H48O4/c1-17(15-21(32)25-27(4,5)34-25)18-9-13-29(7)19(18)16-20(31)24-28(6)12-11-23(33)26(2,3)22(28)10-14-30(24,29)8/h15,18-22,24-25,31-32H,9-14,16H2,1-8H3/b17-15+/t18-,19?,20-,21+,22?,24?,25?,28+,29-,30-/m1/s1. The first-order valence-corrected chi connectivity index (χ1v) is 13.9. The van der Waals surface area contributed by atoms with E-state index in [1.165, 1.54) is 12.0 Å². The topological polar surface area (TPSA) is 70.1 Å². The third kappa shape index (κ3) is 3.16. The van der Waals surface area contributed by atoms with E-state index in [9.17, 15) is 15.0 Å². The number of aliphatic hydroxyl groups is 2. The number of allylic oxidation sites excluding steroid dienone is 1. The van der Waals surface area contributed by atoms with Crippen LogP contribution >= 0.6 is 0 Å². The van der Waals surface area contributed by atoms with Crippen molar-refractivity contribution in [3.05, 3.63) is 11.6 Å². The minimum absolute atomic E-state index is 0.00582. The van der Waals surface area contributed by atoms with Crippen molar-refractivity contribution >= 4 is 5.78 Å². The van der Waals surface area contributed by atoms with Crippen LogP contribution in [-0.2, 0) is 9.53 Å². The van der Waals surface area contributed by atoms with E-state index in [2.05, 4.69) is 41.5 Å². The molecule has 1 saturated heterocycles. The first-order chi connectivity index (χ1) is 15.6. The molecule has 0 bridgehead atoms. The minimum atomic E-state index is -0.560. The van der Waals surface area contributed by atoms with Crippen molar-refractivity contribution in [3.63, 3.8) is 0 Å². The zero-order valence-corrected chi connectivity index (χ0v) is 22.8. The number of ketones is 1. The van der Waals surface area contributed by atoms with Crippen LogP contribution in [-0.4, -0.2) is 39.9 Å². The molecule has 4 unspecified atom stereocenters. The van der Waals surface area contributed by atoms with Crippen LogP contribution in [0.15, 0.2) is 11.6 Å². The van der Waals surface area contributed by atoms with E-state index in [4.69, 9.17) is 4.74 Å². The highest BCUT2D eigenvalue weighted by molar-refractivity contribution is 5.85. The predicted molar refractivity (Wildman–Crippen MR) is 134 cm³/mol. The predicted octanol–water partition coefficient (Wildman–Crippen LogP) is 5.70. The smallest absolute Gasteiger partial charge is 0.138 e. The van der Waals surface area contributed by atoms with Crippen LogP contribution in [0.25, 0.3) is 0 Å². The first kappa shape index (κ1) is 25.0. The summed E-state index contributed by atoms with van der Waals surface area (Å²) in [4.78, 5) is 12.9. The molecule has 10 atom stereocenters. The Morgan fingerprint density at radius 1 is 1.03 bits per heavy atom. The molecule has 5 fully saturated rings. The zero-order chi connectivity index (χ0) is 25.1. The quantitative estimate of drug-likeness (QED) is 0.409. The largest absolute Gasteiger partial charge is 0.393 e. The van der Waals surface area contributed by atoms with Gasteiger partial charge in [0.05, 0.1) is 11.7 Å². The van der Waals surface area contributed by atoms with Gasteiger partial charge in [0.15, 0.2) is 0 Å². The number of fused-ring (bicyclic) bond motifs is 5. The van der Waals surface area contributed by atoms with Gasteiger partial charge in [-0.2, -0.15) is 0 Å². The second kappa shape index (κ2) is 7.42. The van der Waals surface area contributed by atoms with Crippen molar-refractivity contribution in [1.82, 2.24) is 0 Å². The van der Waals surface area contributed by atoms with E-state index < -0.39 is 6.10 Å². The Balaban J connectivity index is 1.46. The Hall–Kier alpha value is -0.710. The van der Waals surface area contributed by atoms with E-state index in [1.54, 1.807) is 0 Å². The number of carbonyl (C=O) groups excluding carboxylic acids is 1. The Morgan fingerprint density at radius 3 is 2.26 bits per heavy atom. The van der Waals surface area contributed by atoms with E-state index in [0.29, 0.717) is 30.0 Å². The summed E-state index contributed by atoms with van der Waals surface area (Å²) in [6, 6.07) is 0. The van der Waals surface area contributed by atoms with Crippen molar-refractivity contribution < 1.29 is 19.7 Å². The fraction of sp³-hybridized carbons (Fsp3) is 0.900. The molecule has 5 rings (SSSR count). The van der Waals surface area contributed by atoms with Gasteiger partial charge in [-0.15, -0.1) is 0 Å². The van der Waals surface area contributed by atoms with Gasteiger partial charge in [0, 0.05) is 11.8 Å². The monoisotopic (exact) mass is 472 g/mol. The van der Waals surface area contributed by atoms with Gasteiger partial charge in [-0.05, 0) is 99.2 Å². The highest BCUT2D eigenvalue weighted by atomic mass is 16.6. The van der Waals surface area contributed by atoms with Gasteiger partial charge in [-0.3, -0.25) is 4.79 Å². The van der Waals surface area contributed by atoms with E-state index in [-0.39, 0.29) is 45.4 Å². The van der Waals surface area contributed by atoms with Gasteiger partial charge in [0.25, 0.3) is 0 Å². The summed E-state index contributed by atoms with van der Waals surface area (Å²) in [7, 11) is 0. The molecule has 4 nitrogen and oxygen atoms in total. The number of aliphatic hydroxyl groups excluding tert-OH is 2. The average molecular weight is 473 g/mol. The average Bonchev–Trinajstić information content (AvgIpc) is 3.23. The molecule has 4 heteroatoms. The maximum atomic E-state index is 12.9. The summed E-state index contributed by atoms with van der Waals surface area (Å²) in [6.07, 6.45) is 7.95. The van der Waals surface area contributed by atoms with Crippen LogP contribution in [0.1, 0.15) is 100 Å². The fourth-order valence-corrected chi connectivity index (χ4v) is 10.4. The van der Waals surface area contributed by atoms with Gasteiger partial charge in [0.1, 0.15) is 18.0 Å². The SMILES string of the molecule is C/C(=C\[C@H](O)C1OC1(C)C)[C@H]1CC[C@]2(C)C1C[C@@H](O)C1[C@@]3(C)CCC(=O)C(C)(C)C3CC[C@]12C.